The fourth-order valence-electron chi connectivity index (χ4n) is 1.38. The van der Waals surface area contributed by atoms with E-state index >= 15 is 0 Å². The van der Waals surface area contributed by atoms with E-state index in [4.69, 9.17) is 4.74 Å². The average Bonchev–Trinajstić information content (AvgIpc) is 2.46. The number of benzene rings is 1. The molecule has 104 valence electrons. The first-order valence-corrected chi connectivity index (χ1v) is 5.76. The first kappa shape index (κ1) is 13.9. The minimum Gasteiger partial charge on any atom is -0.459 e. The van der Waals surface area contributed by atoms with Crippen molar-refractivity contribution in [3.05, 3.63) is 47.7 Å². The van der Waals surface area contributed by atoms with Crippen LogP contribution in [0.1, 0.15) is 5.56 Å². The van der Waals surface area contributed by atoms with Gasteiger partial charge in [-0.1, -0.05) is 12.1 Å². The van der Waals surface area contributed by atoms with Gasteiger partial charge in [-0.25, -0.2) is 13.8 Å². The van der Waals surface area contributed by atoms with Crippen molar-refractivity contribution in [3.63, 3.8) is 0 Å². The molecule has 5 nitrogen and oxygen atoms in total. The van der Waals surface area contributed by atoms with Crippen molar-refractivity contribution in [2.75, 3.05) is 12.4 Å². The van der Waals surface area contributed by atoms with Gasteiger partial charge in [-0.15, -0.1) is 0 Å². The van der Waals surface area contributed by atoms with Crippen LogP contribution in [-0.2, 0) is 6.61 Å². The quantitative estimate of drug-likeness (QED) is 0.674. The summed E-state index contributed by atoms with van der Waals surface area (Å²) in [6, 6.07) is 5.84. The molecule has 0 unspecified atom stereocenters. The lowest BCUT2D eigenvalue weighted by molar-refractivity contribution is 0.280. The van der Waals surface area contributed by atoms with Crippen LogP contribution in [0.15, 0.2) is 35.5 Å². The maximum atomic E-state index is 13.4. The Bertz CT molecular complexity index is 602. The van der Waals surface area contributed by atoms with E-state index in [2.05, 4.69) is 20.3 Å². The molecule has 0 amide bonds. The van der Waals surface area contributed by atoms with Crippen LogP contribution in [0.4, 0.5) is 14.6 Å². The molecule has 0 atom stereocenters. The SMILES string of the molecule is CN=CNc1nc(OCc2ccc(F)cc2)ncc1F. The fourth-order valence-corrected chi connectivity index (χ4v) is 1.38. The van der Waals surface area contributed by atoms with Crippen molar-refractivity contribution >= 4 is 12.2 Å². The fraction of sp³-hybridized carbons (Fsp3) is 0.154. The summed E-state index contributed by atoms with van der Waals surface area (Å²) in [6.45, 7) is 0.160. The first-order chi connectivity index (χ1) is 9.69. The minimum atomic E-state index is -0.612. The average molecular weight is 278 g/mol. The molecule has 1 heterocycles. The number of anilines is 1. The highest BCUT2D eigenvalue weighted by molar-refractivity contribution is 5.73. The van der Waals surface area contributed by atoms with Gasteiger partial charge < -0.3 is 10.1 Å². The van der Waals surface area contributed by atoms with Crippen LogP contribution in [0.25, 0.3) is 0 Å². The Morgan fingerprint density at radius 2 is 2.05 bits per heavy atom. The highest BCUT2D eigenvalue weighted by Gasteiger charge is 2.07. The summed E-state index contributed by atoms with van der Waals surface area (Å²) >= 11 is 0. The standard InChI is InChI=1S/C13H12F2N4O/c1-16-8-18-12-11(15)6-17-13(19-12)20-7-9-2-4-10(14)5-3-9/h2-6,8H,7H2,1H3,(H,16,17,18,19). The molecule has 0 fully saturated rings. The number of nitrogens with zero attached hydrogens (tertiary/aromatic N) is 3. The van der Waals surface area contributed by atoms with E-state index in [0.29, 0.717) is 0 Å². The summed E-state index contributed by atoms with van der Waals surface area (Å²) in [7, 11) is 1.54. The van der Waals surface area contributed by atoms with Crippen molar-refractivity contribution in [1.29, 1.82) is 0 Å². The van der Waals surface area contributed by atoms with Gasteiger partial charge in [0.05, 0.1) is 12.5 Å². The number of nitrogens with one attached hydrogen (secondary N) is 1. The molecule has 0 aliphatic carbocycles. The van der Waals surface area contributed by atoms with E-state index < -0.39 is 5.82 Å². The molecule has 0 aliphatic rings. The van der Waals surface area contributed by atoms with Gasteiger partial charge >= 0.3 is 6.01 Å². The van der Waals surface area contributed by atoms with E-state index in [1.165, 1.54) is 25.5 Å². The second-order valence-electron chi connectivity index (χ2n) is 3.80. The van der Waals surface area contributed by atoms with Crippen LogP contribution >= 0.6 is 0 Å². The van der Waals surface area contributed by atoms with Crippen molar-refractivity contribution in [2.24, 2.45) is 4.99 Å². The Kier molecular flexibility index (Phi) is 4.54. The lowest BCUT2D eigenvalue weighted by Gasteiger charge is -2.06. The Morgan fingerprint density at radius 1 is 1.30 bits per heavy atom. The normalized spacial score (nSPS) is 10.8. The van der Waals surface area contributed by atoms with E-state index in [9.17, 15) is 8.78 Å². The van der Waals surface area contributed by atoms with Gasteiger partial charge in [0.1, 0.15) is 12.4 Å². The van der Waals surface area contributed by atoms with Crippen LogP contribution in [0, 0.1) is 11.6 Å². The summed E-state index contributed by atoms with van der Waals surface area (Å²) in [5.74, 6) is -0.962. The molecule has 2 rings (SSSR count). The monoisotopic (exact) mass is 278 g/mol. The molecule has 0 saturated carbocycles. The topological polar surface area (TPSA) is 59.4 Å². The van der Waals surface area contributed by atoms with Crippen LogP contribution in [0.3, 0.4) is 0 Å². The Balaban J connectivity index is 2.04. The number of rotatable bonds is 5. The van der Waals surface area contributed by atoms with Crippen molar-refractivity contribution in [1.82, 2.24) is 9.97 Å². The summed E-state index contributed by atoms with van der Waals surface area (Å²) in [5, 5.41) is 2.56. The maximum absolute atomic E-state index is 13.4. The highest BCUT2D eigenvalue weighted by Crippen LogP contribution is 2.14. The second kappa shape index (κ2) is 6.55. The maximum Gasteiger partial charge on any atom is 0.318 e. The highest BCUT2D eigenvalue weighted by atomic mass is 19.1. The summed E-state index contributed by atoms with van der Waals surface area (Å²) in [6.07, 6.45) is 2.30. The lowest BCUT2D eigenvalue weighted by atomic mass is 10.2. The number of hydrogen-bond donors (Lipinski definition) is 1. The first-order valence-electron chi connectivity index (χ1n) is 5.76. The molecule has 0 radical (unpaired) electrons. The van der Waals surface area contributed by atoms with Crippen LogP contribution in [0.2, 0.25) is 0 Å². The molecule has 0 aliphatic heterocycles. The molecule has 20 heavy (non-hydrogen) atoms. The van der Waals surface area contributed by atoms with Crippen LogP contribution < -0.4 is 10.1 Å². The van der Waals surface area contributed by atoms with E-state index in [-0.39, 0.29) is 24.3 Å². The Hall–Kier alpha value is -2.57. The molecular formula is C13H12F2N4O. The van der Waals surface area contributed by atoms with Gasteiger partial charge in [-0.3, -0.25) is 4.99 Å². The molecule has 0 bridgehead atoms. The van der Waals surface area contributed by atoms with Gasteiger partial charge in [0.25, 0.3) is 0 Å². The molecule has 1 N–H and O–H groups in total. The summed E-state index contributed by atoms with van der Waals surface area (Å²) in [5.41, 5.74) is 0.754. The molecule has 0 spiro atoms. The van der Waals surface area contributed by atoms with Gasteiger partial charge in [0, 0.05) is 7.05 Å². The van der Waals surface area contributed by atoms with Crippen molar-refractivity contribution in [2.45, 2.75) is 6.61 Å². The second-order valence-corrected chi connectivity index (χ2v) is 3.80. The largest absolute Gasteiger partial charge is 0.459 e. The van der Waals surface area contributed by atoms with Gasteiger partial charge in [-0.2, -0.15) is 4.98 Å². The number of aliphatic imine (C=N–C) groups is 1. The summed E-state index contributed by atoms with van der Waals surface area (Å²) in [4.78, 5) is 11.2. The van der Waals surface area contributed by atoms with Gasteiger partial charge in [0.15, 0.2) is 11.6 Å². The zero-order chi connectivity index (χ0) is 14.4. The number of hydrogen-bond acceptors (Lipinski definition) is 4. The van der Waals surface area contributed by atoms with Gasteiger partial charge in [-0.05, 0) is 17.7 Å². The predicted octanol–water partition coefficient (Wildman–Crippen LogP) is 2.40. The van der Waals surface area contributed by atoms with E-state index in [1.807, 2.05) is 0 Å². The number of ether oxygens (including phenoxy) is 1. The van der Waals surface area contributed by atoms with E-state index in [0.717, 1.165) is 11.8 Å². The molecule has 1 aromatic heterocycles. The third kappa shape index (κ3) is 3.71. The van der Waals surface area contributed by atoms with Gasteiger partial charge in [0.2, 0.25) is 0 Å². The minimum absolute atomic E-state index is 0.0164. The van der Waals surface area contributed by atoms with Crippen molar-refractivity contribution in [3.8, 4) is 6.01 Å². The molecule has 0 saturated heterocycles. The van der Waals surface area contributed by atoms with Crippen molar-refractivity contribution < 1.29 is 13.5 Å². The molecule has 7 heteroatoms. The zero-order valence-corrected chi connectivity index (χ0v) is 10.7. The molecule has 1 aromatic carbocycles. The van der Waals surface area contributed by atoms with Crippen LogP contribution in [-0.4, -0.2) is 23.4 Å². The summed E-state index contributed by atoms with van der Waals surface area (Å²) < 4.78 is 31.4. The Labute approximate surface area is 114 Å². The number of halogens is 2. The van der Waals surface area contributed by atoms with E-state index in [1.54, 1.807) is 12.1 Å². The zero-order valence-electron chi connectivity index (χ0n) is 10.7. The predicted molar refractivity (Wildman–Crippen MR) is 70.8 cm³/mol. The Morgan fingerprint density at radius 3 is 2.75 bits per heavy atom. The number of aromatic nitrogens is 2. The third-order valence-corrected chi connectivity index (χ3v) is 2.33. The smallest absolute Gasteiger partial charge is 0.318 e. The molecular weight excluding hydrogens is 266 g/mol. The third-order valence-electron chi connectivity index (χ3n) is 2.33. The lowest BCUT2D eigenvalue weighted by Crippen LogP contribution is -2.05. The molecule has 2 aromatic rings. The van der Waals surface area contributed by atoms with Crippen LogP contribution in [0.5, 0.6) is 6.01 Å².